The van der Waals surface area contributed by atoms with Crippen LogP contribution < -0.4 is 5.32 Å². The summed E-state index contributed by atoms with van der Waals surface area (Å²) < 4.78 is 2.96. The molecule has 1 N–H and O–H groups in total. The van der Waals surface area contributed by atoms with E-state index in [1.807, 2.05) is 13.0 Å². The van der Waals surface area contributed by atoms with E-state index in [0.29, 0.717) is 28.0 Å². The number of anilines is 1. The fraction of sp³-hybridized carbons (Fsp3) is 0.235. The molecule has 0 fully saturated rings. The summed E-state index contributed by atoms with van der Waals surface area (Å²) in [5, 5.41) is 22.6. The third-order valence-corrected chi connectivity index (χ3v) is 4.82. The van der Waals surface area contributed by atoms with Gasteiger partial charge in [0.05, 0.1) is 51.0 Å². The maximum Gasteiger partial charge on any atom is 0.389 e. The molecule has 28 heavy (non-hydrogen) atoms. The fourth-order valence-corrected chi connectivity index (χ4v) is 3.03. The minimum absolute atomic E-state index is 0.148. The summed E-state index contributed by atoms with van der Waals surface area (Å²) in [7, 11) is 0. The van der Waals surface area contributed by atoms with Crippen molar-refractivity contribution < 1.29 is 9.72 Å². The van der Waals surface area contributed by atoms with Gasteiger partial charge in [0.1, 0.15) is 6.54 Å². The van der Waals surface area contributed by atoms with E-state index < -0.39 is 4.92 Å². The van der Waals surface area contributed by atoms with Crippen molar-refractivity contribution in [3.8, 4) is 0 Å². The van der Waals surface area contributed by atoms with Crippen LogP contribution in [-0.4, -0.2) is 30.4 Å². The van der Waals surface area contributed by atoms with Crippen LogP contribution in [0.5, 0.6) is 0 Å². The molecule has 0 spiro atoms. The minimum atomic E-state index is -0.615. The van der Waals surface area contributed by atoms with Crippen LogP contribution in [0.25, 0.3) is 0 Å². The number of carbonyl (C=O) groups excluding carboxylic acids is 1. The first-order valence-corrected chi connectivity index (χ1v) is 8.96. The van der Waals surface area contributed by atoms with Crippen molar-refractivity contribution in [3.05, 3.63) is 67.6 Å². The molecular weight excluding hydrogens is 407 g/mol. The Kier molecular flexibility index (Phi) is 5.66. The first-order chi connectivity index (χ1) is 13.2. The number of aryl methyl sites for hydroxylation is 1. The van der Waals surface area contributed by atoms with Crippen LogP contribution in [0.2, 0.25) is 10.0 Å². The monoisotopic (exact) mass is 422 g/mol. The average molecular weight is 423 g/mol. The van der Waals surface area contributed by atoms with Crippen molar-refractivity contribution in [2.75, 3.05) is 5.32 Å². The van der Waals surface area contributed by atoms with E-state index in [4.69, 9.17) is 23.2 Å². The van der Waals surface area contributed by atoms with Crippen LogP contribution >= 0.6 is 23.2 Å². The Morgan fingerprint density at radius 1 is 1.21 bits per heavy atom. The van der Waals surface area contributed by atoms with E-state index in [1.54, 1.807) is 23.7 Å². The van der Waals surface area contributed by atoms with Crippen LogP contribution in [0.1, 0.15) is 17.0 Å². The Bertz CT molecular complexity index is 1060. The highest BCUT2D eigenvalue weighted by Crippen LogP contribution is 2.25. The molecule has 0 unspecified atom stereocenters. The highest BCUT2D eigenvalue weighted by molar-refractivity contribution is 6.42. The van der Waals surface area contributed by atoms with Crippen molar-refractivity contribution in [1.82, 2.24) is 19.6 Å². The number of hydrogen-bond acceptors (Lipinski definition) is 5. The van der Waals surface area contributed by atoms with E-state index in [1.165, 1.54) is 16.9 Å². The van der Waals surface area contributed by atoms with E-state index in [2.05, 4.69) is 15.5 Å². The molecule has 0 atom stereocenters. The van der Waals surface area contributed by atoms with Crippen molar-refractivity contribution in [2.24, 2.45) is 0 Å². The zero-order chi connectivity index (χ0) is 20.4. The van der Waals surface area contributed by atoms with E-state index in [-0.39, 0.29) is 18.3 Å². The average Bonchev–Trinajstić information content (AvgIpc) is 3.19. The van der Waals surface area contributed by atoms with Crippen LogP contribution in [0, 0.1) is 24.0 Å². The second-order valence-corrected chi connectivity index (χ2v) is 6.94. The third kappa shape index (κ3) is 4.32. The predicted octanol–water partition coefficient (Wildman–Crippen LogP) is 3.60. The van der Waals surface area contributed by atoms with Gasteiger partial charge >= 0.3 is 5.82 Å². The summed E-state index contributed by atoms with van der Waals surface area (Å²) in [6, 6.07) is 6.58. The SMILES string of the molecule is Cc1nn(Cc2ccc(Cl)c(Cl)c2)c(C)c1NC(=O)Cn1ccc([N+](=O)[O-])n1. The number of amides is 1. The second kappa shape index (κ2) is 7.99. The summed E-state index contributed by atoms with van der Waals surface area (Å²) in [6.07, 6.45) is 1.38. The molecule has 0 aliphatic heterocycles. The van der Waals surface area contributed by atoms with Crippen LogP contribution in [0.4, 0.5) is 11.5 Å². The van der Waals surface area contributed by atoms with Gasteiger partial charge in [0.25, 0.3) is 0 Å². The Morgan fingerprint density at radius 3 is 2.61 bits per heavy atom. The van der Waals surface area contributed by atoms with Crippen molar-refractivity contribution in [2.45, 2.75) is 26.9 Å². The van der Waals surface area contributed by atoms with Crippen LogP contribution in [0.15, 0.2) is 30.5 Å². The number of aromatic nitrogens is 4. The molecule has 2 aromatic heterocycles. The van der Waals surface area contributed by atoms with Crippen LogP contribution in [-0.2, 0) is 17.9 Å². The largest absolute Gasteiger partial charge is 0.389 e. The molecule has 0 bridgehead atoms. The molecule has 1 amide bonds. The van der Waals surface area contributed by atoms with Gasteiger partial charge in [0.2, 0.25) is 5.91 Å². The minimum Gasteiger partial charge on any atom is -0.358 e. The lowest BCUT2D eigenvalue weighted by Crippen LogP contribution is -2.20. The zero-order valence-electron chi connectivity index (χ0n) is 15.0. The molecule has 11 heteroatoms. The molecule has 3 rings (SSSR count). The number of hydrogen-bond donors (Lipinski definition) is 1. The molecule has 1 aromatic carbocycles. The van der Waals surface area contributed by atoms with Gasteiger partial charge in [-0.1, -0.05) is 29.3 Å². The van der Waals surface area contributed by atoms with Gasteiger partial charge < -0.3 is 15.4 Å². The molecule has 0 aliphatic carbocycles. The molecule has 9 nitrogen and oxygen atoms in total. The van der Waals surface area contributed by atoms with E-state index in [0.717, 1.165) is 11.3 Å². The van der Waals surface area contributed by atoms with Crippen molar-refractivity contribution in [3.63, 3.8) is 0 Å². The maximum absolute atomic E-state index is 12.3. The van der Waals surface area contributed by atoms with Gasteiger partial charge in [0.15, 0.2) is 0 Å². The van der Waals surface area contributed by atoms with Gasteiger partial charge in [-0.15, -0.1) is 0 Å². The molecule has 0 radical (unpaired) electrons. The van der Waals surface area contributed by atoms with Crippen molar-refractivity contribution in [1.29, 1.82) is 0 Å². The van der Waals surface area contributed by atoms with Gasteiger partial charge in [-0.05, 0) is 36.5 Å². The molecule has 0 aliphatic rings. The Morgan fingerprint density at radius 2 is 1.96 bits per heavy atom. The molecular formula is C17H16Cl2N6O3. The lowest BCUT2D eigenvalue weighted by Gasteiger charge is -2.08. The summed E-state index contributed by atoms with van der Waals surface area (Å²) >= 11 is 12.0. The zero-order valence-corrected chi connectivity index (χ0v) is 16.5. The van der Waals surface area contributed by atoms with E-state index in [9.17, 15) is 14.9 Å². The smallest absolute Gasteiger partial charge is 0.358 e. The molecule has 0 saturated carbocycles. The quantitative estimate of drug-likeness (QED) is 0.482. The van der Waals surface area contributed by atoms with Gasteiger partial charge in [-0.2, -0.15) is 9.78 Å². The van der Waals surface area contributed by atoms with Gasteiger partial charge in [0, 0.05) is 0 Å². The summed E-state index contributed by atoms with van der Waals surface area (Å²) in [5.74, 6) is -0.673. The molecule has 2 heterocycles. The first-order valence-electron chi connectivity index (χ1n) is 8.20. The summed E-state index contributed by atoms with van der Waals surface area (Å²) in [5.41, 5.74) is 2.93. The number of carbonyl (C=O) groups is 1. The normalized spacial score (nSPS) is 10.9. The fourth-order valence-electron chi connectivity index (χ4n) is 2.71. The molecule has 0 saturated heterocycles. The highest BCUT2D eigenvalue weighted by Gasteiger charge is 2.17. The lowest BCUT2D eigenvalue weighted by molar-refractivity contribution is -0.389. The van der Waals surface area contributed by atoms with Gasteiger partial charge in [-0.3, -0.25) is 9.48 Å². The number of nitrogens with one attached hydrogen (secondary N) is 1. The topological polar surface area (TPSA) is 108 Å². The summed E-state index contributed by atoms with van der Waals surface area (Å²) in [4.78, 5) is 22.4. The number of benzene rings is 1. The Balaban J connectivity index is 1.72. The lowest BCUT2D eigenvalue weighted by atomic mass is 10.2. The maximum atomic E-state index is 12.3. The predicted molar refractivity (Wildman–Crippen MR) is 105 cm³/mol. The Labute approximate surface area is 170 Å². The Hall–Kier alpha value is -2.91. The second-order valence-electron chi connectivity index (χ2n) is 6.13. The standard InChI is InChI=1S/C17H16Cl2N6O3/c1-10-17(20-16(26)9-23-6-5-15(22-23)25(27)28)11(2)24(21-10)8-12-3-4-13(18)14(19)7-12/h3-7H,8-9H2,1-2H3,(H,20,26). The number of nitro groups is 1. The van der Waals surface area contributed by atoms with Crippen molar-refractivity contribution >= 4 is 40.6 Å². The third-order valence-electron chi connectivity index (χ3n) is 4.08. The molecule has 146 valence electrons. The van der Waals surface area contributed by atoms with Crippen LogP contribution in [0.3, 0.4) is 0 Å². The van der Waals surface area contributed by atoms with Gasteiger partial charge in [-0.25, -0.2) is 0 Å². The molecule has 3 aromatic rings. The number of nitrogens with zero attached hydrogens (tertiary/aromatic N) is 5. The highest BCUT2D eigenvalue weighted by atomic mass is 35.5. The van der Waals surface area contributed by atoms with E-state index >= 15 is 0 Å². The number of halogens is 2. The number of rotatable bonds is 6. The first kappa shape index (κ1) is 19.8. The summed E-state index contributed by atoms with van der Waals surface area (Å²) in [6.45, 7) is 3.94.